The monoisotopic (exact) mass is 392 g/mol. The van der Waals surface area contributed by atoms with Crippen LogP contribution in [0.4, 0.5) is 18.9 Å². The fourth-order valence-electron chi connectivity index (χ4n) is 1.99. The molecule has 2 N–H and O–H groups in total. The standard InChI is InChI=1S/C15H12ClF3N2O3S/c1-20-14(22)10-4-2-3-5-12(10)21-25(23,24)13-8-9(15(17,18)19)6-7-11(13)16/h2-8,21H,1H3,(H,20,22). The van der Waals surface area contributed by atoms with Crippen LogP contribution in [0.15, 0.2) is 47.4 Å². The molecule has 0 atom stereocenters. The van der Waals surface area contributed by atoms with E-state index in [9.17, 15) is 26.4 Å². The third-order valence-electron chi connectivity index (χ3n) is 3.19. The summed E-state index contributed by atoms with van der Waals surface area (Å²) in [4.78, 5) is 11.0. The number of hydrogen-bond donors (Lipinski definition) is 2. The summed E-state index contributed by atoms with van der Waals surface area (Å²) >= 11 is 5.76. The van der Waals surface area contributed by atoms with Gasteiger partial charge in [0.25, 0.3) is 15.9 Å². The number of para-hydroxylation sites is 1. The van der Waals surface area contributed by atoms with Gasteiger partial charge in [0.15, 0.2) is 0 Å². The Kier molecular flexibility index (Phi) is 5.28. The van der Waals surface area contributed by atoms with Gasteiger partial charge >= 0.3 is 6.18 Å². The van der Waals surface area contributed by atoms with Crippen molar-refractivity contribution in [2.24, 2.45) is 0 Å². The lowest BCUT2D eigenvalue weighted by atomic mass is 10.2. The molecule has 0 aliphatic carbocycles. The maximum Gasteiger partial charge on any atom is 0.416 e. The lowest BCUT2D eigenvalue weighted by Crippen LogP contribution is -2.22. The summed E-state index contributed by atoms with van der Waals surface area (Å²) in [6.45, 7) is 0. The molecule has 5 nitrogen and oxygen atoms in total. The topological polar surface area (TPSA) is 75.3 Å². The van der Waals surface area contributed by atoms with E-state index in [-0.39, 0.29) is 16.3 Å². The fraction of sp³-hybridized carbons (Fsp3) is 0.133. The number of carbonyl (C=O) groups excluding carboxylic acids is 1. The van der Waals surface area contributed by atoms with E-state index in [0.29, 0.717) is 12.1 Å². The van der Waals surface area contributed by atoms with E-state index in [1.807, 2.05) is 0 Å². The number of amides is 1. The van der Waals surface area contributed by atoms with Crippen LogP contribution in [0.1, 0.15) is 15.9 Å². The van der Waals surface area contributed by atoms with Crippen molar-refractivity contribution in [2.75, 3.05) is 11.8 Å². The van der Waals surface area contributed by atoms with Crippen LogP contribution >= 0.6 is 11.6 Å². The van der Waals surface area contributed by atoms with Crippen molar-refractivity contribution in [3.63, 3.8) is 0 Å². The summed E-state index contributed by atoms with van der Waals surface area (Å²) in [7, 11) is -3.09. The summed E-state index contributed by atoms with van der Waals surface area (Å²) in [5.41, 5.74) is -1.23. The molecule has 2 rings (SSSR count). The molecule has 2 aromatic rings. The second-order valence-electron chi connectivity index (χ2n) is 4.87. The van der Waals surface area contributed by atoms with Gasteiger partial charge in [-0.1, -0.05) is 23.7 Å². The second-order valence-corrected chi connectivity index (χ2v) is 6.93. The number of sulfonamides is 1. The Morgan fingerprint density at radius 3 is 2.36 bits per heavy atom. The molecular formula is C15H12ClF3N2O3S. The molecule has 0 fully saturated rings. The zero-order valence-corrected chi connectivity index (χ0v) is 14.3. The quantitative estimate of drug-likeness (QED) is 0.836. The van der Waals surface area contributed by atoms with Gasteiger partial charge in [0.05, 0.1) is 21.8 Å². The highest BCUT2D eigenvalue weighted by Crippen LogP contribution is 2.34. The maximum atomic E-state index is 12.8. The van der Waals surface area contributed by atoms with Crippen molar-refractivity contribution in [1.29, 1.82) is 0 Å². The molecule has 25 heavy (non-hydrogen) atoms. The molecule has 10 heteroatoms. The lowest BCUT2D eigenvalue weighted by molar-refractivity contribution is -0.137. The minimum atomic E-state index is -4.73. The zero-order valence-electron chi connectivity index (χ0n) is 12.7. The Labute approximate surface area is 146 Å². The second kappa shape index (κ2) is 6.93. The summed E-state index contributed by atoms with van der Waals surface area (Å²) in [5.74, 6) is -0.562. The van der Waals surface area contributed by atoms with Gasteiger partial charge < -0.3 is 5.32 Å². The molecule has 0 aromatic heterocycles. The maximum absolute atomic E-state index is 12.8. The Morgan fingerprint density at radius 1 is 1.12 bits per heavy atom. The molecule has 0 saturated carbocycles. The number of alkyl halides is 3. The van der Waals surface area contributed by atoms with Crippen molar-refractivity contribution in [3.05, 3.63) is 58.6 Å². The molecule has 0 radical (unpaired) electrons. The first-order valence-corrected chi connectivity index (χ1v) is 8.63. The van der Waals surface area contributed by atoms with E-state index in [2.05, 4.69) is 10.0 Å². The molecule has 0 unspecified atom stereocenters. The molecule has 0 aliphatic heterocycles. The lowest BCUT2D eigenvalue weighted by Gasteiger charge is -2.14. The largest absolute Gasteiger partial charge is 0.416 e. The van der Waals surface area contributed by atoms with Gasteiger partial charge in [0.1, 0.15) is 4.90 Å². The third kappa shape index (κ3) is 4.23. The van der Waals surface area contributed by atoms with E-state index in [1.165, 1.54) is 31.3 Å². The smallest absolute Gasteiger partial charge is 0.355 e. The first kappa shape index (κ1) is 19.1. The van der Waals surface area contributed by atoms with E-state index >= 15 is 0 Å². The average Bonchev–Trinajstić information content (AvgIpc) is 2.53. The van der Waals surface area contributed by atoms with Gasteiger partial charge in [0, 0.05) is 7.05 Å². The minimum Gasteiger partial charge on any atom is -0.355 e. The van der Waals surface area contributed by atoms with Crippen molar-refractivity contribution in [1.82, 2.24) is 5.32 Å². The van der Waals surface area contributed by atoms with Crippen LogP contribution in [-0.4, -0.2) is 21.4 Å². The van der Waals surface area contributed by atoms with Crippen molar-refractivity contribution < 1.29 is 26.4 Å². The van der Waals surface area contributed by atoms with Crippen molar-refractivity contribution in [2.45, 2.75) is 11.1 Å². The van der Waals surface area contributed by atoms with Crippen LogP contribution in [0.3, 0.4) is 0 Å². The molecule has 0 bridgehead atoms. The van der Waals surface area contributed by atoms with Gasteiger partial charge in [-0.3, -0.25) is 9.52 Å². The molecule has 0 aliphatic rings. The van der Waals surface area contributed by atoms with Gasteiger partial charge in [-0.2, -0.15) is 13.2 Å². The minimum absolute atomic E-state index is 0.0108. The Bertz CT molecular complexity index is 914. The highest BCUT2D eigenvalue weighted by Gasteiger charge is 2.33. The summed E-state index contributed by atoms with van der Waals surface area (Å²) in [6.07, 6.45) is -4.73. The van der Waals surface area contributed by atoms with Crippen molar-refractivity contribution in [3.8, 4) is 0 Å². The van der Waals surface area contributed by atoms with Crippen molar-refractivity contribution >= 4 is 33.2 Å². The van der Waals surface area contributed by atoms with Crippen LogP contribution in [-0.2, 0) is 16.2 Å². The number of hydrogen-bond acceptors (Lipinski definition) is 3. The van der Waals surface area contributed by atoms with E-state index in [0.717, 1.165) is 6.07 Å². The Morgan fingerprint density at radius 2 is 1.76 bits per heavy atom. The molecular weight excluding hydrogens is 381 g/mol. The first-order valence-electron chi connectivity index (χ1n) is 6.77. The summed E-state index contributed by atoms with van der Waals surface area (Å²) in [5, 5.41) is 1.96. The van der Waals surface area contributed by atoms with E-state index in [1.54, 1.807) is 0 Å². The van der Waals surface area contributed by atoms with Gasteiger partial charge in [-0.15, -0.1) is 0 Å². The molecule has 1 amide bonds. The average molecular weight is 393 g/mol. The van der Waals surface area contributed by atoms with Gasteiger partial charge in [0.2, 0.25) is 0 Å². The van der Waals surface area contributed by atoms with Gasteiger partial charge in [-0.25, -0.2) is 8.42 Å². The molecule has 0 heterocycles. The predicted molar refractivity (Wildman–Crippen MR) is 87.1 cm³/mol. The highest BCUT2D eigenvalue weighted by atomic mass is 35.5. The van der Waals surface area contributed by atoms with E-state index < -0.39 is 32.6 Å². The summed E-state index contributed by atoms with van der Waals surface area (Å²) < 4.78 is 65.5. The number of carbonyl (C=O) groups is 1. The molecule has 0 saturated heterocycles. The molecule has 134 valence electrons. The van der Waals surface area contributed by atoms with Crippen LogP contribution in [0.5, 0.6) is 0 Å². The first-order chi connectivity index (χ1) is 11.6. The number of halogens is 4. The fourth-order valence-corrected chi connectivity index (χ4v) is 3.60. The normalized spacial score (nSPS) is 11.9. The Hall–Kier alpha value is -2.26. The van der Waals surface area contributed by atoms with Crippen LogP contribution in [0.25, 0.3) is 0 Å². The zero-order chi connectivity index (χ0) is 18.8. The van der Waals surface area contributed by atoms with Gasteiger partial charge in [-0.05, 0) is 30.3 Å². The van der Waals surface area contributed by atoms with Crippen LogP contribution < -0.4 is 10.0 Å². The van der Waals surface area contributed by atoms with E-state index in [4.69, 9.17) is 11.6 Å². The number of benzene rings is 2. The SMILES string of the molecule is CNC(=O)c1ccccc1NS(=O)(=O)c1cc(C(F)(F)F)ccc1Cl. The summed E-state index contributed by atoms with van der Waals surface area (Å²) in [6, 6.07) is 7.63. The van der Waals surface area contributed by atoms with Crippen LogP contribution in [0.2, 0.25) is 5.02 Å². The third-order valence-corrected chi connectivity index (χ3v) is 5.04. The highest BCUT2D eigenvalue weighted by molar-refractivity contribution is 7.92. The molecule has 0 spiro atoms. The number of rotatable bonds is 4. The number of anilines is 1. The van der Waals surface area contributed by atoms with Crippen LogP contribution in [0, 0.1) is 0 Å². The Balaban J connectivity index is 2.50. The molecule has 2 aromatic carbocycles. The number of nitrogens with one attached hydrogen (secondary N) is 2. The predicted octanol–water partition coefficient (Wildman–Crippen LogP) is 3.52.